The number of hydrogen-bond acceptors (Lipinski definition) is 5. The van der Waals surface area contributed by atoms with Crippen molar-refractivity contribution >= 4 is 22.2 Å². The smallest absolute Gasteiger partial charge is 0.306 e. The lowest BCUT2D eigenvalue weighted by Gasteiger charge is -2.48. The van der Waals surface area contributed by atoms with E-state index in [4.69, 9.17) is 14.2 Å². The van der Waals surface area contributed by atoms with Gasteiger partial charge in [-0.05, 0) is 39.2 Å². The van der Waals surface area contributed by atoms with Gasteiger partial charge in [-0.2, -0.15) is 0 Å². The van der Waals surface area contributed by atoms with Gasteiger partial charge in [0.15, 0.2) is 10.8 Å². The molecule has 0 N–H and O–H groups in total. The molecule has 0 aliphatic carbocycles. The summed E-state index contributed by atoms with van der Waals surface area (Å²) in [7, 11) is 0.370. The van der Waals surface area contributed by atoms with Crippen LogP contribution in [0.1, 0.15) is 251 Å². The molecule has 2 aromatic rings. The summed E-state index contributed by atoms with van der Waals surface area (Å²) in [6.07, 6.45) is 38.9. The summed E-state index contributed by atoms with van der Waals surface area (Å²) in [6, 6.07) is 19.8. The first-order valence-corrected chi connectivity index (χ1v) is 26.8. The lowest BCUT2D eigenvalue weighted by atomic mass is 9.83. The molecule has 0 saturated carbocycles. The summed E-state index contributed by atoms with van der Waals surface area (Å²) in [5.41, 5.74) is -0.278. The molecule has 5 nitrogen and oxygen atoms in total. The molecule has 61 heavy (non-hydrogen) atoms. The highest BCUT2D eigenvalue weighted by Gasteiger charge is 2.57. The molecule has 0 aliphatic heterocycles. The van der Waals surface area contributed by atoms with Crippen molar-refractivity contribution < 1.29 is 23.8 Å². The van der Waals surface area contributed by atoms with Gasteiger partial charge in [0, 0.05) is 18.4 Å². The molecule has 0 radical (unpaired) electrons. The number of carbonyl (C=O) groups is 2. The summed E-state index contributed by atoms with van der Waals surface area (Å²) in [6.45, 7) is 10.7. The zero-order valence-corrected chi connectivity index (χ0v) is 42.6. The second-order valence-corrected chi connectivity index (χ2v) is 20.7. The van der Waals surface area contributed by atoms with Crippen LogP contribution < -0.4 is 0 Å². The van der Waals surface area contributed by atoms with E-state index in [-0.39, 0.29) is 18.5 Å². The number of hydrogen-bond donors (Lipinski definition) is 0. The first-order chi connectivity index (χ1) is 29.6. The van der Waals surface area contributed by atoms with E-state index in [1.165, 1.54) is 154 Å². The Balaban J connectivity index is 2.00. The van der Waals surface area contributed by atoms with Crippen LogP contribution in [0.3, 0.4) is 0 Å². The van der Waals surface area contributed by atoms with Gasteiger partial charge in [0.05, 0.1) is 22.5 Å². The molecular formula is C55H94O5Si. The second kappa shape index (κ2) is 34.0. The fraction of sp³-hybridized carbons (Fsp3) is 0.745. The highest BCUT2D eigenvalue weighted by atomic mass is 28.1. The Kier molecular flexibility index (Phi) is 30.5. The minimum atomic E-state index is -1.37. The van der Waals surface area contributed by atoms with Crippen molar-refractivity contribution in [3.8, 4) is 0 Å². The molecule has 348 valence electrons. The molecule has 2 unspecified atom stereocenters. The number of esters is 2. The minimum Gasteiger partial charge on any atom is -0.455 e. The maximum absolute atomic E-state index is 14.1. The van der Waals surface area contributed by atoms with E-state index in [0.717, 1.165) is 49.7 Å². The molecule has 0 aliphatic rings. The number of ether oxygens (including phenoxy) is 3. The third-order valence-corrected chi connectivity index (χ3v) is 14.2. The van der Waals surface area contributed by atoms with Crippen molar-refractivity contribution in [1.82, 2.24) is 0 Å². The Hall–Kier alpha value is -2.44. The fourth-order valence-electron chi connectivity index (χ4n) is 8.64. The van der Waals surface area contributed by atoms with Gasteiger partial charge in [-0.25, -0.2) is 0 Å². The van der Waals surface area contributed by atoms with Crippen LogP contribution in [0, 0.1) is 0 Å². The predicted octanol–water partition coefficient (Wildman–Crippen LogP) is 15.5. The molecule has 2 aromatic carbocycles. The summed E-state index contributed by atoms with van der Waals surface area (Å²) in [4.78, 5) is 28.1. The largest absolute Gasteiger partial charge is 0.455 e. The van der Waals surface area contributed by atoms with Crippen molar-refractivity contribution in [2.24, 2.45) is 0 Å². The quantitative estimate of drug-likeness (QED) is 0.0381. The Morgan fingerprint density at radius 2 is 0.721 bits per heavy atom. The highest BCUT2D eigenvalue weighted by Crippen LogP contribution is 2.46. The topological polar surface area (TPSA) is 61.8 Å². The molecule has 6 heteroatoms. The molecule has 0 fully saturated rings. The van der Waals surface area contributed by atoms with Gasteiger partial charge in [-0.15, -0.1) is 0 Å². The Bertz CT molecular complexity index is 1340. The van der Waals surface area contributed by atoms with E-state index in [1.807, 2.05) is 81.4 Å². The third kappa shape index (κ3) is 24.3. The summed E-state index contributed by atoms with van der Waals surface area (Å²) >= 11 is 0. The van der Waals surface area contributed by atoms with Crippen LogP contribution in [-0.2, 0) is 34.6 Å². The molecule has 2 rings (SSSR count). The van der Waals surface area contributed by atoms with Gasteiger partial charge in [-0.3, -0.25) is 9.59 Å². The van der Waals surface area contributed by atoms with Crippen LogP contribution >= 0.6 is 0 Å². The molecular weight excluding hydrogens is 769 g/mol. The highest BCUT2D eigenvalue weighted by molar-refractivity contribution is 6.16. The number of rotatable bonds is 39. The first kappa shape index (κ1) is 54.7. The lowest BCUT2D eigenvalue weighted by Crippen LogP contribution is -2.58. The van der Waals surface area contributed by atoms with E-state index in [0.29, 0.717) is 23.1 Å². The van der Waals surface area contributed by atoms with Gasteiger partial charge < -0.3 is 14.2 Å². The monoisotopic (exact) mass is 863 g/mol. The summed E-state index contributed by atoms with van der Waals surface area (Å²) in [5.74, 6) is -0.520. The zero-order valence-electron chi connectivity index (χ0n) is 40.6. The van der Waals surface area contributed by atoms with Crippen molar-refractivity contribution in [2.75, 3.05) is 6.61 Å². The Labute approximate surface area is 379 Å². The average Bonchev–Trinajstić information content (AvgIpc) is 3.25. The molecule has 0 bridgehead atoms. The second-order valence-electron chi connectivity index (χ2n) is 19.3. The fourth-order valence-corrected chi connectivity index (χ4v) is 9.74. The van der Waals surface area contributed by atoms with Gasteiger partial charge in [0.2, 0.25) is 0 Å². The molecule has 0 heterocycles. The van der Waals surface area contributed by atoms with E-state index in [9.17, 15) is 9.59 Å². The molecule has 0 aromatic heterocycles. The Morgan fingerprint density at radius 3 is 1.05 bits per heavy atom. The van der Waals surface area contributed by atoms with E-state index >= 15 is 0 Å². The lowest BCUT2D eigenvalue weighted by molar-refractivity contribution is -0.222. The maximum Gasteiger partial charge on any atom is 0.306 e. The van der Waals surface area contributed by atoms with Crippen molar-refractivity contribution in [2.45, 2.75) is 257 Å². The minimum absolute atomic E-state index is 0.0652. The van der Waals surface area contributed by atoms with Gasteiger partial charge in [-0.1, -0.05) is 254 Å². The molecule has 2 atom stereocenters. The van der Waals surface area contributed by atoms with Crippen LogP contribution in [0.2, 0.25) is 0 Å². The van der Waals surface area contributed by atoms with Crippen LogP contribution in [0.15, 0.2) is 60.7 Å². The third-order valence-electron chi connectivity index (χ3n) is 12.6. The summed E-state index contributed by atoms with van der Waals surface area (Å²) in [5, 5.41) is -1.22. The number of carbonyl (C=O) groups excluding carboxylic acids is 2. The molecule has 0 spiro atoms. The van der Waals surface area contributed by atoms with Crippen molar-refractivity contribution in [3.05, 3.63) is 71.8 Å². The standard InChI is InChI=1S/C55H94O5Si/c1-6-8-10-12-14-16-18-20-22-24-26-28-30-32-40-46-51(56)59-54(48-58-53(3,4)5,49-42-36-34-37-43-49)55(61,50-44-38-35-39-45-50)60-52(57)47-41-33-31-29-27-25-23-21-19-17-15-13-11-9-7-2/h34-39,42-45H,6-33,40-41,46-48H2,1-5,61H3. The SMILES string of the molecule is CCCCCCCCCCCCCCCCCC(=O)OC([SiH3])(c1ccccc1)C(COC(C)(C)C)(OC(=O)CCCCCCCCCCCCCCCCC)c1ccccc1. The van der Waals surface area contributed by atoms with E-state index in [2.05, 4.69) is 13.8 Å². The van der Waals surface area contributed by atoms with Crippen LogP contribution in [-0.4, -0.2) is 34.4 Å². The van der Waals surface area contributed by atoms with Crippen LogP contribution in [0.4, 0.5) is 0 Å². The first-order valence-electron chi connectivity index (χ1n) is 25.8. The maximum atomic E-state index is 14.1. The van der Waals surface area contributed by atoms with E-state index < -0.39 is 16.4 Å². The van der Waals surface area contributed by atoms with Crippen LogP contribution in [0.5, 0.6) is 0 Å². The van der Waals surface area contributed by atoms with Gasteiger partial charge >= 0.3 is 11.9 Å². The predicted molar refractivity (Wildman–Crippen MR) is 263 cm³/mol. The number of unbranched alkanes of at least 4 members (excludes halogenated alkanes) is 28. The van der Waals surface area contributed by atoms with Gasteiger partial charge in [0.25, 0.3) is 0 Å². The van der Waals surface area contributed by atoms with Crippen LogP contribution in [0.25, 0.3) is 0 Å². The normalized spacial score (nSPS) is 13.8. The number of benzene rings is 2. The zero-order chi connectivity index (χ0) is 44.3. The van der Waals surface area contributed by atoms with E-state index in [1.54, 1.807) is 0 Å². The molecule has 0 amide bonds. The van der Waals surface area contributed by atoms with Gasteiger partial charge in [0.1, 0.15) is 0 Å². The Morgan fingerprint density at radius 1 is 0.426 bits per heavy atom. The van der Waals surface area contributed by atoms with Crippen molar-refractivity contribution in [3.63, 3.8) is 0 Å². The van der Waals surface area contributed by atoms with Crippen molar-refractivity contribution in [1.29, 1.82) is 0 Å². The average molecular weight is 863 g/mol. The summed E-state index contributed by atoms with van der Waals surface area (Å²) < 4.78 is 20.1. The molecule has 0 saturated heterocycles.